The van der Waals surface area contributed by atoms with E-state index in [1.54, 1.807) is 19.9 Å². The Balaban J connectivity index is 0.000000240. The van der Waals surface area contributed by atoms with Crippen LogP contribution in [0.5, 0.6) is 0 Å². The van der Waals surface area contributed by atoms with Gasteiger partial charge in [-0.05, 0) is 55.3 Å². The molecule has 0 heterocycles. The Morgan fingerprint density at radius 1 is 0.792 bits per heavy atom. The molecule has 0 bridgehead atoms. The molecule has 0 aromatic heterocycles. The third-order valence-electron chi connectivity index (χ3n) is 2.99. The van der Waals surface area contributed by atoms with Crippen LogP contribution in [0.1, 0.15) is 11.1 Å². The lowest BCUT2D eigenvalue weighted by atomic mass is 10.2. The summed E-state index contributed by atoms with van der Waals surface area (Å²) in [5.41, 5.74) is 12.7. The average molecular weight is 374 g/mol. The lowest BCUT2D eigenvalue weighted by Crippen LogP contribution is -2.03. The van der Waals surface area contributed by atoms with Gasteiger partial charge in [0.1, 0.15) is 4.90 Å². The first kappa shape index (κ1) is 19.9. The molecule has 0 fully saturated rings. The molecule has 0 saturated heterocycles. The molecule has 8 nitrogen and oxygen atoms in total. The van der Waals surface area contributed by atoms with Gasteiger partial charge in [-0.15, -0.1) is 0 Å². The fourth-order valence-corrected chi connectivity index (χ4v) is 2.94. The summed E-state index contributed by atoms with van der Waals surface area (Å²) in [6.07, 6.45) is 0. The molecular formula is C14H18N2O6S2. The van der Waals surface area contributed by atoms with Gasteiger partial charge in [-0.2, -0.15) is 16.8 Å². The van der Waals surface area contributed by atoms with Crippen molar-refractivity contribution in [3.8, 4) is 0 Å². The van der Waals surface area contributed by atoms with Crippen LogP contribution in [0.25, 0.3) is 0 Å². The number of hydrogen-bond acceptors (Lipinski definition) is 6. The minimum absolute atomic E-state index is 0.0584. The molecule has 2 aromatic rings. The van der Waals surface area contributed by atoms with Crippen LogP contribution >= 0.6 is 0 Å². The third kappa shape index (κ3) is 5.49. The van der Waals surface area contributed by atoms with Gasteiger partial charge in [-0.3, -0.25) is 9.11 Å². The Labute approximate surface area is 140 Å². The summed E-state index contributed by atoms with van der Waals surface area (Å²) in [7, 11) is -8.28. The summed E-state index contributed by atoms with van der Waals surface area (Å²) in [4.78, 5) is -0.364. The van der Waals surface area contributed by atoms with Crippen LogP contribution in [0, 0.1) is 13.8 Å². The fraction of sp³-hybridized carbons (Fsp3) is 0.143. The van der Waals surface area contributed by atoms with Gasteiger partial charge >= 0.3 is 0 Å². The molecule has 132 valence electrons. The van der Waals surface area contributed by atoms with Gasteiger partial charge in [0.05, 0.1) is 10.6 Å². The van der Waals surface area contributed by atoms with Gasteiger partial charge in [-0.25, -0.2) is 0 Å². The second-order valence-corrected chi connectivity index (χ2v) is 7.82. The highest BCUT2D eigenvalue weighted by Crippen LogP contribution is 2.18. The highest BCUT2D eigenvalue weighted by Gasteiger charge is 2.13. The van der Waals surface area contributed by atoms with E-state index in [1.807, 2.05) is 0 Å². The highest BCUT2D eigenvalue weighted by molar-refractivity contribution is 7.86. The molecule has 2 aromatic carbocycles. The van der Waals surface area contributed by atoms with Gasteiger partial charge in [0.25, 0.3) is 20.2 Å². The minimum atomic E-state index is -4.18. The first-order valence-electron chi connectivity index (χ1n) is 6.49. The number of aryl methyl sites for hydroxylation is 2. The molecule has 0 radical (unpaired) electrons. The molecule has 0 spiro atoms. The molecule has 0 aliphatic rings. The molecule has 0 atom stereocenters. The second-order valence-electron chi connectivity index (χ2n) is 5.01. The Hall–Kier alpha value is -2.14. The van der Waals surface area contributed by atoms with Crippen LogP contribution in [-0.2, 0) is 20.2 Å². The molecule has 0 amide bonds. The molecule has 0 aliphatic heterocycles. The van der Waals surface area contributed by atoms with Gasteiger partial charge < -0.3 is 11.5 Å². The van der Waals surface area contributed by atoms with Crippen LogP contribution in [-0.4, -0.2) is 25.9 Å². The smallest absolute Gasteiger partial charge is 0.296 e. The third-order valence-corrected chi connectivity index (χ3v) is 4.75. The van der Waals surface area contributed by atoms with Crippen molar-refractivity contribution >= 4 is 31.6 Å². The summed E-state index contributed by atoms with van der Waals surface area (Å²) in [5, 5.41) is 0. The number of rotatable bonds is 2. The SMILES string of the molecule is Cc1cc(S(=O)(=O)O)ccc1N.Cc1ccc(N)c(S(=O)(=O)O)c1. The van der Waals surface area contributed by atoms with Crippen molar-refractivity contribution in [1.82, 2.24) is 0 Å². The van der Waals surface area contributed by atoms with Crippen LogP contribution in [0.2, 0.25) is 0 Å². The molecular weight excluding hydrogens is 356 g/mol. The number of nitrogens with two attached hydrogens (primary N) is 2. The van der Waals surface area contributed by atoms with Crippen molar-refractivity contribution in [3.05, 3.63) is 47.5 Å². The molecule has 2 rings (SSSR count). The summed E-state index contributed by atoms with van der Waals surface area (Å²) in [6.45, 7) is 3.39. The predicted molar refractivity (Wildman–Crippen MR) is 90.8 cm³/mol. The van der Waals surface area contributed by atoms with Crippen LogP contribution in [0.15, 0.2) is 46.2 Å². The lowest BCUT2D eigenvalue weighted by Gasteiger charge is -2.02. The molecule has 6 N–H and O–H groups in total. The van der Waals surface area contributed by atoms with Crippen molar-refractivity contribution in [2.75, 3.05) is 11.5 Å². The quantitative estimate of drug-likeness (QED) is 0.455. The monoisotopic (exact) mass is 374 g/mol. The Kier molecular flexibility index (Phi) is 5.95. The largest absolute Gasteiger partial charge is 0.399 e. The normalized spacial score (nSPS) is 11.5. The van der Waals surface area contributed by atoms with Crippen LogP contribution in [0.3, 0.4) is 0 Å². The molecule has 0 saturated carbocycles. The fourth-order valence-electron chi connectivity index (χ4n) is 1.67. The van der Waals surface area contributed by atoms with E-state index < -0.39 is 20.2 Å². The maximum absolute atomic E-state index is 10.7. The van der Waals surface area contributed by atoms with Crippen molar-refractivity contribution in [3.63, 3.8) is 0 Å². The first-order valence-corrected chi connectivity index (χ1v) is 9.37. The van der Waals surface area contributed by atoms with Gasteiger partial charge in [0.2, 0.25) is 0 Å². The van der Waals surface area contributed by atoms with Crippen molar-refractivity contribution < 1.29 is 25.9 Å². The number of hydrogen-bond donors (Lipinski definition) is 4. The van der Waals surface area contributed by atoms with Gasteiger partial charge in [-0.1, -0.05) is 6.07 Å². The maximum atomic E-state index is 10.7. The van der Waals surface area contributed by atoms with E-state index in [0.29, 0.717) is 11.3 Å². The standard InChI is InChI=1S/2C7H9NO3S/c1-5-4-6(12(9,10)11)2-3-7(5)8;1-5-2-3-6(8)7(4-5)12(9,10)11/h2*2-4H,8H2,1H3,(H,9,10,11). The Bertz CT molecular complexity index is 953. The lowest BCUT2D eigenvalue weighted by molar-refractivity contribution is 0.481. The maximum Gasteiger partial charge on any atom is 0.296 e. The van der Waals surface area contributed by atoms with Crippen molar-refractivity contribution in [1.29, 1.82) is 0 Å². The predicted octanol–water partition coefficient (Wildman–Crippen LogP) is 1.65. The molecule has 10 heteroatoms. The van der Waals surface area contributed by atoms with E-state index in [4.69, 9.17) is 20.6 Å². The topological polar surface area (TPSA) is 161 Å². The summed E-state index contributed by atoms with van der Waals surface area (Å²) in [5.74, 6) is 0. The van der Waals surface area contributed by atoms with E-state index >= 15 is 0 Å². The van der Waals surface area contributed by atoms with Crippen molar-refractivity contribution in [2.24, 2.45) is 0 Å². The summed E-state index contributed by atoms with van der Waals surface area (Å²) >= 11 is 0. The van der Waals surface area contributed by atoms with Gasteiger partial charge in [0, 0.05) is 5.69 Å². The zero-order valence-electron chi connectivity index (χ0n) is 13.0. The van der Waals surface area contributed by atoms with E-state index in [0.717, 1.165) is 5.56 Å². The van der Waals surface area contributed by atoms with Crippen LogP contribution in [0.4, 0.5) is 11.4 Å². The van der Waals surface area contributed by atoms with E-state index in [-0.39, 0.29) is 15.5 Å². The highest BCUT2D eigenvalue weighted by atomic mass is 32.2. The van der Waals surface area contributed by atoms with Crippen LogP contribution < -0.4 is 11.5 Å². The zero-order valence-corrected chi connectivity index (χ0v) is 14.6. The number of benzene rings is 2. The minimum Gasteiger partial charge on any atom is -0.399 e. The zero-order chi connectivity index (χ0) is 18.7. The van der Waals surface area contributed by atoms with E-state index in [2.05, 4.69) is 0 Å². The molecule has 24 heavy (non-hydrogen) atoms. The molecule has 0 unspecified atom stereocenters. The first-order chi connectivity index (χ1) is 10.8. The number of anilines is 2. The van der Waals surface area contributed by atoms with E-state index in [9.17, 15) is 16.8 Å². The van der Waals surface area contributed by atoms with E-state index in [1.165, 1.54) is 30.3 Å². The Morgan fingerprint density at radius 2 is 1.33 bits per heavy atom. The average Bonchev–Trinajstić information content (AvgIpc) is 2.43. The number of nitrogen functional groups attached to an aromatic ring is 2. The summed E-state index contributed by atoms with van der Waals surface area (Å²) in [6, 6.07) is 8.47. The van der Waals surface area contributed by atoms with Gasteiger partial charge in [0.15, 0.2) is 0 Å². The summed E-state index contributed by atoms with van der Waals surface area (Å²) < 4.78 is 59.9. The Morgan fingerprint density at radius 3 is 1.75 bits per heavy atom. The second kappa shape index (κ2) is 7.18. The van der Waals surface area contributed by atoms with Crippen molar-refractivity contribution in [2.45, 2.75) is 23.6 Å². The molecule has 0 aliphatic carbocycles.